The molecule has 1 unspecified atom stereocenters. The van der Waals surface area contributed by atoms with Gasteiger partial charge in [0.05, 0.1) is 11.9 Å². The Morgan fingerprint density at radius 2 is 2.29 bits per heavy atom. The van der Waals surface area contributed by atoms with Crippen LogP contribution in [-0.4, -0.2) is 11.9 Å². The number of hydrogen-bond donors (Lipinski definition) is 1. The zero-order valence-corrected chi connectivity index (χ0v) is 5.17. The van der Waals surface area contributed by atoms with Gasteiger partial charge in [-0.25, -0.2) is 0 Å². The molecule has 0 rings (SSSR count). The van der Waals surface area contributed by atoms with Crippen LogP contribution in [0.4, 0.5) is 0 Å². The molecule has 0 aromatic rings. The molecule has 1 atom stereocenters. The average molecular weight is 141 g/mol. The van der Waals surface area contributed by atoms with E-state index in [4.69, 9.17) is 22.6 Å². The first kappa shape index (κ1) is 10.1. The molecule has 0 aromatic carbocycles. The van der Waals surface area contributed by atoms with Gasteiger partial charge in [-0.05, 0) is 0 Å². The first-order chi connectivity index (χ1) is 2.81. The zero-order valence-electron chi connectivity index (χ0n) is 3.60. The summed E-state index contributed by atoms with van der Waals surface area (Å²) in [6.45, 7) is 0. The van der Waals surface area contributed by atoms with Crippen molar-refractivity contribution in [3.63, 3.8) is 0 Å². The number of nitrogens with two attached hydrogens (primary N) is 1. The lowest BCUT2D eigenvalue weighted by atomic mass is 10.4. The quantitative estimate of drug-likeness (QED) is 0.540. The van der Waals surface area contributed by atoms with Crippen LogP contribution in [0.3, 0.4) is 0 Å². The van der Waals surface area contributed by atoms with Crippen molar-refractivity contribution in [3.05, 3.63) is 0 Å². The van der Waals surface area contributed by atoms with E-state index in [1.165, 1.54) is 0 Å². The van der Waals surface area contributed by atoms with Crippen molar-refractivity contribution in [2.24, 2.45) is 5.73 Å². The van der Waals surface area contributed by atoms with Crippen LogP contribution in [-0.2, 0) is 0 Å². The number of nitriles is 1. The van der Waals surface area contributed by atoms with Crippen LogP contribution in [0, 0.1) is 11.3 Å². The van der Waals surface area contributed by atoms with Crippen LogP contribution < -0.4 is 5.73 Å². The molecule has 0 radical (unpaired) electrons. The molecule has 0 bridgehead atoms. The van der Waals surface area contributed by atoms with Crippen molar-refractivity contribution in [2.45, 2.75) is 6.04 Å². The van der Waals surface area contributed by atoms with Crippen LogP contribution in [0.2, 0.25) is 0 Å². The molecule has 42 valence electrons. The van der Waals surface area contributed by atoms with Gasteiger partial charge in [-0.1, -0.05) is 0 Å². The molecule has 0 heterocycles. The largest absolute Gasteiger partial charge is 0.315 e. The van der Waals surface area contributed by atoms with E-state index in [1.54, 1.807) is 6.07 Å². The third-order valence-electron chi connectivity index (χ3n) is 0.332. The summed E-state index contributed by atoms with van der Waals surface area (Å²) in [5.74, 6) is 0.219. The fourth-order valence-electron chi connectivity index (χ4n) is 0.0345. The Morgan fingerprint density at radius 1 is 1.86 bits per heavy atom. The summed E-state index contributed by atoms with van der Waals surface area (Å²) in [6, 6.07) is 1.27. The summed E-state index contributed by atoms with van der Waals surface area (Å²) in [4.78, 5) is 0. The second kappa shape index (κ2) is 6.03. The van der Waals surface area contributed by atoms with Gasteiger partial charge in [0.1, 0.15) is 6.04 Å². The Labute approximate surface area is 53.7 Å². The first-order valence-corrected chi connectivity index (χ1v) is 2.06. The van der Waals surface area contributed by atoms with E-state index in [9.17, 15) is 0 Å². The minimum absolute atomic E-state index is 0. The van der Waals surface area contributed by atoms with Crippen LogP contribution in [0.25, 0.3) is 0 Å². The Morgan fingerprint density at radius 3 is 2.29 bits per heavy atom. The fraction of sp³-hybridized carbons (Fsp3) is 0.667. The summed E-state index contributed by atoms with van der Waals surface area (Å²) in [5, 5.41) is 7.88. The van der Waals surface area contributed by atoms with Gasteiger partial charge in [-0.2, -0.15) is 5.26 Å². The van der Waals surface area contributed by atoms with E-state index < -0.39 is 6.04 Å². The molecule has 4 heteroatoms. The van der Waals surface area contributed by atoms with Crippen LogP contribution in [0.5, 0.6) is 0 Å². The summed E-state index contributed by atoms with van der Waals surface area (Å²) < 4.78 is 0. The summed E-state index contributed by atoms with van der Waals surface area (Å²) >= 11 is 5.10. The Balaban J connectivity index is 0. The van der Waals surface area contributed by atoms with Crippen molar-refractivity contribution in [1.82, 2.24) is 0 Å². The lowest BCUT2D eigenvalue weighted by Gasteiger charge is -1.86. The molecule has 0 spiro atoms. The van der Waals surface area contributed by atoms with Crippen LogP contribution in [0.15, 0.2) is 0 Å². The standard InChI is InChI=1S/C3H5ClN2.ClH/c4-1-3(6)2-5;/h3H,1,6H2;1H. The minimum atomic E-state index is -0.494. The van der Waals surface area contributed by atoms with Crippen molar-refractivity contribution < 1.29 is 0 Å². The normalized spacial score (nSPS) is 11.0. The molecule has 0 saturated heterocycles. The second-order valence-electron chi connectivity index (χ2n) is 0.890. The predicted octanol–water partition coefficient (Wildman–Crippen LogP) is 0.498. The van der Waals surface area contributed by atoms with E-state index in [0.29, 0.717) is 0 Å². The van der Waals surface area contributed by atoms with E-state index >= 15 is 0 Å². The third-order valence-corrected chi connectivity index (χ3v) is 0.665. The predicted molar refractivity (Wildman–Crippen MR) is 31.6 cm³/mol. The molecule has 0 aromatic heterocycles. The van der Waals surface area contributed by atoms with E-state index in [1.807, 2.05) is 0 Å². The summed E-state index contributed by atoms with van der Waals surface area (Å²) in [5.41, 5.74) is 4.98. The lowest BCUT2D eigenvalue weighted by molar-refractivity contribution is 0.948. The van der Waals surface area contributed by atoms with Crippen molar-refractivity contribution in [1.29, 1.82) is 5.26 Å². The topological polar surface area (TPSA) is 49.8 Å². The molecule has 0 fully saturated rings. The zero-order chi connectivity index (χ0) is 4.99. The lowest BCUT2D eigenvalue weighted by Crippen LogP contribution is -2.18. The van der Waals surface area contributed by atoms with Crippen molar-refractivity contribution >= 4 is 24.0 Å². The van der Waals surface area contributed by atoms with Gasteiger partial charge in [0.15, 0.2) is 0 Å². The average Bonchev–Trinajstić information content (AvgIpc) is 1.65. The Bertz CT molecular complexity index is 67.8. The van der Waals surface area contributed by atoms with Crippen LogP contribution >= 0.6 is 24.0 Å². The van der Waals surface area contributed by atoms with Gasteiger partial charge in [0.2, 0.25) is 0 Å². The molecular formula is C3H6Cl2N2. The summed E-state index contributed by atoms with van der Waals surface area (Å²) in [7, 11) is 0. The molecule has 0 aliphatic carbocycles. The highest BCUT2D eigenvalue weighted by Gasteiger charge is 1.90. The SMILES string of the molecule is Cl.N#CC(N)CCl. The number of nitrogens with zero attached hydrogens (tertiary/aromatic N) is 1. The Hall–Kier alpha value is 0.0300. The number of halogens is 2. The molecule has 0 saturated carbocycles. The highest BCUT2D eigenvalue weighted by Crippen LogP contribution is 1.76. The Kier molecular flexibility index (Phi) is 8.70. The number of alkyl halides is 1. The molecule has 7 heavy (non-hydrogen) atoms. The van der Waals surface area contributed by atoms with Crippen molar-refractivity contribution in [3.8, 4) is 6.07 Å². The molecular weight excluding hydrogens is 135 g/mol. The smallest absolute Gasteiger partial charge is 0.106 e. The monoisotopic (exact) mass is 140 g/mol. The maximum atomic E-state index is 7.88. The molecule has 2 N–H and O–H groups in total. The van der Waals surface area contributed by atoms with E-state index in [0.717, 1.165) is 0 Å². The number of hydrogen-bond acceptors (Lipinski definition) is 2. The van der Waals surface area contributed by atoms with Gasteiger partial charge < -0.3 is 5.73 Å². The first-order valence-electron chi connectivity index (χ1n) is 1.52. The highest BCUT2D eigenvalue weighted by molar-refractivity contribution is 6.18. The maximum absolute atomic E-state index is 7.88. The van der Waals surface area contributed by atoms with E-state index in [-0.39, 0.29) is 18.3 Å². The molecule has 0 aliphatic rings. The molecule has 2 nitrogen and oxygen atoms in total. The minimum Gasteiger partial charge on any atom is -0.315 e. The van der Waals surface area contributed by atoms with Gasteiger partial charge in [-0.15, -0.1) is 24.0 Å². The van der Waals surface area contributed by atoms with Gasteiger partial charge in [0.25, 0.3) is 0 Å². The van der Waals surface area contributed by atoms with Crippen LogP contribution in [0.1, 0.15) is 0 Å². The maximum Gasteiger partial charge on any atom is 0.106 e. The van der Waals surface area contributed by atoms with Gasteiger partial charge >= 0.3 is 0 Å². The fourth-order valence-corrected chi connectivity index (χ4v) is 0.104. The van der Waals surface area contributed by atoms with Gasteiger partial charge in [0, 0.05) is 0 Å². The molecule has 0 aliphatic heterocycles. The summed E-state index contributed by atoms with van der Waals surface area (Å²) in [6.07, 6.45) is 0. The second-order valence-corrected chi connectivity index (χ2v) is 1.20. The van der Waals surface area contributed by atoms with Gasteiger partial charge in [-0.3, -0.25) is 0 Å². The highest BCUT2D eigenvalue weighted by atomic mass is 35.5. The van der Waals surface area contributed by atoms with Crippen molar-refractivity contribution in [2.75, 3.05) is 5.88 Å². The van der Waals surface area contributed by atoms with E-state index in [2.05, 4.69) is 0 Å². The molecule has 0 amide bonds. The third kappa shape index (κ3) is 6.03. The number of rotatable bonds is 1.